The Labute approximate surface area is 122 Å². The van der Waals surface area contributed by atoms with Gasteiger partial charge in [0.1, 0.15) is 5.82 Å². The summed E-state index contributed by atoms with van der Waals surface area (Å²) in [5.41, 5.74) is 0.151. The lowest BCUT2D eigenvalue weighted by atomic mass is 10.1. The molecule has 0 N–H and O–H groups in total. The largest absolute Gasteiger partial charge is 0.480 e. The van der Waals surface area contributed by atoms with E-state index in [1.54, 1.807) is 0 Å². The number of methoxy groups -OCH3 is 2. The van der Waals surface area contributed by atoms with Crippen LogP contribution >= 0.6 is 15.9 Å². The first-order valence-electron chi connectivity index (χ1n) is 5.51. The fourth-order valence-corrected chi connectivity index (χ4v) is 1.77. The Hall–Kier alpha value is -2.02. The van der Waals surface area contributed by atoms with Gasteiger partial charge in [-0.25, -0.2) is 9.37 Å². The highest BCUT2D eigenvalue weighted by atomic mass is 79.9. The maximum atomic E-state index is 13.5. The number of carbonyl (C=O) groups is 1. The fourth-order valence-electron chi connectivity index (χ4n) is 1.53. The summed E-state index contributed by atoms with van der Waals surface area (Å²) in [4.78, 5) is 20.2. The van der Waals surface area contributed by atoms with Crippen molar-refractivity contribution < 1.29 is 18.7 Å². The van der Waals surface area contributed by atoms with Gasteiger partial charge in [-0.3, -0.25) is 4.79 Å². The van der Waals surface area contributed by atoms with Crippen molar-refractivity contribution in [1.82, 2.24) is 9.97 Å². The van der Waals surface area contributed by atoms with Gasteiger partial charge in [-0.1, -0.05) is 0 Å². The highest BCUT2D eigenvalue weighted by Gasteiger charge is 2.19. The average Bonchev–Trinajstić information content (AvgIpc) is 2.48. The predicted molar refractivity (Wildman–Crippen MR) is 72.7 cm³/mol. The number of aromatic nitrogens is 2. The summed E-state index contributed by atoms with van der Waals surface area (Å²) in [6.07, 6.45) is 1.30. The lowest BCUT2D eigenvalue weighted by molar-refractivity contribution is 0.102. The van der Waals surface area contributed by atoms with Gasteiger partial charge in [-0.2, -0.15) is 4.98 Å². The molecular weight excluding hydrogens is 331 g/mol. The number of rotatable bonds is 4. The van der Waals surface area contributed by atoms with Crippen molar-refractivity contribution in [3.05, 3.63) is 45.9 Å². The minimum atomic E-state index is -0.531. The minimum Gasteiger partial charge on any atom is -0.480 e. The third-order valence-electron chi connectivity index (χ3n) is 2.52. The second-order valence-electron chi connectivity index (χ2n) is 3.73. The van der Waals surface area contributed by atoms with E-state index in [1.165, 1.54) is 32.5 Å². The highest BCUT2D eigenvalue weighted by molar-refractivity contribution is 9.10. The van der Waals surface area contributed by atoms with Crippen molar-refractivity contribution in [2.45, 2.75) is 0 Å². The van der Waals surface area contributed by atoms with Crippen LogP contribution in [-0.2, 0) is 0 Å². The molecule has 1 aromatic carbocycles. The SMILES string of the molecule is COc1cnc(C(=O)c2ccc(Br)c(F)c2)c(OC)n1. The number of nitrogens with zero attached hydrogens (tertiary/aromatic N) is 2. The van der Waals surface area contributed by atoms with Gasteiger partial charge in [0, 0.05) is 5.56 Å². The van der Waals surface area contributed by atoms with E-state index in [0.29, 0.717) is 0 Å². The molecule has 2 aromatic rings. The smallest absolute Gasteiger partial charge is 0.247 e. The lowest BCUT2D eigenvalue weighted by Crippen LogP contribution is -2.09. The molecule has 5 nitrogen and oxygen atoms in total. The topological polar surface area (TPSA) is 61.3 Å². The quantitative estimate of drug-likeness (QED) is 0.800. The van der Waals surface area contributed by atoms with E-state index in [9.17, 15) is 9.18 Å². The van der Waals surface area contributed by atoms with Crippen LogP contribution in [0.25, 0.3) is 0 Å². The normalized spacial score (nSPS) is 10.2. The first-order chi connectivity index (χ1) is 9.56. The Morgan fingerprint density at radius 1 is 1.30 bits per heavy atom. The van der Waals surface area contributed by atoms with Crippen LogP contribution in [-0.4, -0.2) is 30.0 Å². The Balaban J connectivity index is 2.44. The summed E-state index contributed by atoms with van der Waals surface area (Å²) < 4.78 is 23.7. The van der Waals surface area contributed by atoms with E-state index in [2.05, 4.69) is 25.9 Å². The van der Waals surface area contributed by atoms with E-state index in [4.69, 9.17) is 9.47 Å². The molecular formula is C13H10BrFN2O3. The van der Waals surface area contributed by atoms with Crippen molar-refractivity contribution in [2.24, 2.45) is 0 Å². The molecule has 2 rings (SSSR count). The predicted octanol–water partition coefficient (Wildman–Crippen LogP) is 2.63. The molecule has 0 unspecified atom stereocenters. The molecule has 104 valence electrons. The van der Waals surface area contributed by atoms with Crippen LogP contribution < -0.4 is 9.47 Å². The van der Waals surface area contributed by atoms with Crippen LogP contribution in [0.15, 0.2) is 28.9 Å². The molecule has 0 radical (unpaired) electrons. The van der Waals surface area contributed by atoms with Crippen LogP contribution in [0.1, 0.15) is 16.1 Å². The molecule has 20 heavy (non-hydrogen) atoms. The van der Waals surface area contributed by atoms with E-state index in [0.717, 1.165) is 6.07 Å². The molecule has 7 heteroatoms. The Kier molecular flexibility index (Phi) is 4.29. The summed E-state index contributed by atoms with van der Waals surface area (Å²) in [5, 5.41) is 0. The zero-order valence-corrected chi connectivity index (χ0v) is 12.3. The molecule has 0 aliphatic carbocycles. The van der Waals surface area contributed by atoms with Crippen LogP contribution in [0, 0.1) is 5.82 Å². The molecule has 0 aliphatic rings. The number of ketones is 1. The zero-order valence-electron chi connectivity index (χ0n) is 10.7. The van der Waals surface area contributed by atoms with Gasteiger partial charge >= 0.3 is 0 Å². The lowest BCUT2D eigenvalue weighted by Gasteiger charge is -2.07. The number of halogens is 2. The minimum absolute atomic E-state index is 0.00461. The van der Waals surface area contributed by atoms with Gasteiger partial charge in [-0.05, 0) is 34.1 Å². The second-order valence-corrected chi connectivity index (χ2v) is 4.58. The van der Waals surface area contributed by atoms with Gasteiger partial charge in [0.15, 0.2) is 5.69 Å². The molecule has 1 aromatic heterocycles. The molecule has 0 amide bonds. The van der Waals surface area contributed by atoms with Gasteiger partial charge in [0.25, 0.3) is 0 Å². The second kappa shape index (κ2) is 5.96. The summed E-state index contributed by atoms with van der Waals surface area (Å²) in [6.45, 7) is 0. The van der Waals surface area contributed by atoms with Crippen molar-refractivity contribution >= 4 is 21.7 Å². The number of hydrogen-bond donors (Lipinski definition) is 0. The third kappa shape index (κ3) is 2.77. The summed E-state index contributed by atoms with van der Waals surface area (Å²) in [7, 11) is 2.79. The summed E-state index contributed by atoms with van der Waals surface area (Å²) in [5.74, 6) is -0.766. The first kappa shape index (κ1) is 14.4. The summed E-state index contributed by atoms with van der Waals surface area (Å²) in [6, 6.07) is 4.06. The van der Waals surface area contributed by atoms with E-state index in [1.807, 2.05) is 0 Å². The molecule has 0 aliphatic heterocycles. The Morgan fingerprint density at radius 2 is 2.05 bits per heavy atom. The van der Waals surface area contributed by atoms with Gasteiger partial charge in [-0.15, -0.1) is 0 Å². The van der Waals surface area contributed by atoms with Gasteiger partial charge in [0.05, 0.1) is 24.9 Å². The number of carbonyl (C=O) groups excluding carboxylic acids is 1. The fraction of sp³-hybridized carbons (Fsp3) is 0.154. The van der Waals surface area contributed by atoms with Crippen LogP contribution in [0.3, 0.4) is 0 Å². The monoisotopic (exact) mass is 340 g/mol. The number of ether oxygens (including phenoxy) is 2. The first-order valence-corrected chi connectivity index (χ1v) is 6.31. The number of hydrogen-bond acceptors (Lipinski definition) is 5. The van der Waals surface area contributed by atoms with Gasteiger partial charge in [0.2, 0.25) is 17.5 Å². The van der Waals surface area contributed by atoms with Crippen molar-refractivity contribution in [2.75, 3.05) is 14.2 Å². The maximum absolute atomic E-state index is 13.5. The molecule has 0 spiro atoms. The molecule has 1 heterocycles. The highest BCUT2D eigenvalue weighted by Crippen LogP contribution is 2.22. The van der Waals surface area contributed by atoms with E-state index in [-0.39, 0.29) is 27.5 Å². The summed E-state index contributed by atoms with van der Waals surface area (Å²) >= 11 is 3.03. The van der Waals surface area contributed by atoms with Gasteiger partial charge < -0.3 is 9.47 Å². The standard InChI is InChI=1S/C13H10BrFN2O3/c1-19-10-6-16-11(13(17-10)20-2)12(18)7-3-4-8(14)9(15)5-7/h3-6H,1-2H3. The third-order valence-corrected chi connectivity index (χ3v) is 3.16. The number of benzene rings is 1. The molecule has 0 fully saturated rings. The van der Waals surface area contributed by atoms with Crippen molar-refractivity contribution in [3.8, 4) is 11.8 Å². The zero-order chi connectivity index (χ0) is 14.7. The Bertz CT molecular complexity index is 664. The average molecular weight is 341 g/mol. The van der Waals surface area contributed by atoms with Crippen LogP contribution in [0.4, 0.5) is 4.39 Å². The van der Waals surface area contributed by atoms with Crippen LogP contribution in [0.2, 0.25) is 0 Å². The maximum Gasteiger partial charge on any atom is 0.247 e. The molecule has 0 saturated heterocycles. The Morgan fingerprint density at radius 3 is 2.65 bits per heavy atom. The van der Waals surface area contributed by atoms with Crippen molar-refractivity contribution in [1.29, 1.82) is 0 Å². The van der Waals surface area contributed by atoms with E-state index < -0.39 is 11.6 Å². The molecule has 0 saturated carbocycles. The molecule has 0 bridgehead atoms. The van der Waals surface area contributed by atoms with E-state index >= 15 is 0 Å². The molecule has 0 atom stereocenters. The van der Waals surface area contributed by atoms with Crippen molar-refractivity contribution in [3.63, 3.8) is 0 Å². The van der Waals surface area contributed by atoms with Crippen LogP contribution in [0.5, 0.6) is 11.8 Å².